The van der Waals surface area contributed by atoms with Crippen molar-refractivity contribution >= 4 is 29.9 Å². The Bertz CT molecular complexity index is 489. The van der Waals surface area contributed by atoms with E-state index in [1.807, 2.05) is 12.1 Å². The van der Waals surface area contributed by atoms with Crippen LogP contribution >= 0.6 is 24.0 Å². The summed E-state index contributed by atoms with van der Waals surface area (Å²) in [5, 5.41) is 3.43. The van der Waals surface area contributed by atoms with Gasteiger partial charge >= 0.3 is 0 Å². The number of rotatable bonds is 5. The lowest BCUT2D eigenvalue weighted by atomic mass is 10.2. The van der Waals surface area contributed by atoms with Crippen molar-refractivity contribution in [1.29, 1.82) is 0 Å². The zero-order valence-electron chi connectivity index (χ0n) is 14.4. The molecule has 2 aliphatic rings. The van der Waals surface area contributed by atoms with Gasteiger partial charge in [-0.1, -0.05) is 0 Å². The highest BCUT2D eigenvalue weighted by molar-refractivity contribution is 14.0. The molecule has 1 unspecified atom stereocenters. The molecule has 7 heteroatoms. The molecule has 1 aromatic heterocycles. The Kier molecular flexibility index (Phi) is 8.34. The average Bonchev–Trinajstić information content (AvgIpc) is 3.27. The standard InChI is InChI=1S/C17H28N4O2.HI/c1-2-18-17(19-7-5-16-4-3-11-23-16)21-8-6-15(14-21)20-9-12-22-13-10-20;/h3-4,11,15H,2,5-10,12-14H2,1H3,(H,18,19);1H. The molecule has 1 aromatic rings. The SMILES string of the molecule is CCNC(=NCCc1ccco1)N1CCC(N2CCOCC2)C1.I. The van der Waals surface area contributed by atoms with Crippen molar-refractivity contribution in [3.63, 3.8) is 0 Å². The Morgan fingerprint density at radius 3 is 2.88 bits per heavy atom. The highest BCUT2D eigenvalue weighted by Gasteiger charge is 2.30. The molecule has 24 heavy (non-hydrogen) atoms. The van der Waals surface area contributed by atoms with Gasteiger partial charge in [0.25, 0.3) is 0 Å². The third-order valence-corrected chi connectivity index (χ3v) is 4.56. The van der Waals surface area contributed by atoms with E-state index in [4.69, 9.17) is 14.1 Å². The summed E-state index contributed by atoms with van der Waals surface area (Å²) in [5.41, 5.74) is 0. The largest absolute Gasteiger partial charge is 0.469 e. The maximum absolute atomic E-state index is 5.46. The lowest BCUT2D eigenvalue weighted by molar-refractivity contribution is 0.0195. The predicted octanol–water partition coefficient (Wildman–Crippen LogP) is 1.81. The molecule has 2 aliphatic heterocycles. The van der Waals surface area contributed by atoms with Crippen molar-refractivity contribution in [2.24, 2.45) is 4.99 Å². The lowest BCUT2D eigenvalue weighted by Crippen LogP contribution is -2.46. The van der Waals surface area contributed by atoms with E-state index in [0.29, 0.717) is 6.04 Å². The molecule has 0 aliphatic carbocycles. The Morgan fingerprint density at radius 2 is 2.17 bits per heavy atom. The molecule has 0 amide bonds. The van der Waals surface area contributed by atoms with Gasteiger partial charge in [-0.25, -0.2) is 0 Å². The van der Waals surface area contributed by atoms with Crippen molar-refractivity contribution in [2.45, 2.75) is 25.8 Å². The van der Waals surface area contributed by atoms with Crippen LogP contribution in [0.2, 0.25) is 0 Å². The number of ether oxygens (including phenoxy) is 1. The van der Waals surface area contributed by atoms with Crippen molar-refractivity contribution in [3.05, 3.63) is 24.2 Å². The highest BCUT2D eigenvalue weighted by Crippen LogP contribution is 2.17. The van der Waals surface area contributed by atoms with Crippen LogP contribution in [-0.2, 0) is 11.2 Å². The lowest BCUT2D eigenvalue weighted by Gasteiger charge is -2.32. The third-order valence-electron chi connectivity index (χ3n) is 4.56. The van der Waals surface area contributed by atoms with Crippen LogP contribution in [0.25, 0.3) is 0 Å². The van der Waals surface area contributed by atoms with Crippen LogP contribution in [0.1, 0.15) is 19.1 Å². The number of likely N-dealkylation sites (tertiary alicyclic amines) is 1. The Hall–Kier alpha value is -0.800. The van der Waals surface area contributed by atoms with Crippen molar-refractivity contribution in [1.82, 2.24) is 15.1 Å². The van der Waals surface area contributed by atoms with E-state index in [1.54, 1.807) is 6.26 Å². The van der Waals surface area contributed by atoms with Gasteiger partial charge in [-0.2, -0.15) is 0 Å². The molecule has 0 spiro atoms. The minimum Gasteiger partial charge on any atom is -0.469 e. The molecule has 0 radical (unpaired) electrons. The molecule has 3 heterocycles. The first-order valence-electron chi connectivity index (χ1n) is 8.74. The Morgan fingerprint density at radius 1 is 1.33 bits per heavy atom. The van der Waals surface area contributed by atoms with E-state index in [1.165, 1.54) is 6.42 Å². The molecular formula is C17H29IN4O2. The first-order valence-corrected chi connectivity index (χ1v) is 8.74. The van der Waals surface area contributed by atoms with Gasteiger partial charge in [-0.3, -0.25) is 9.89 Å². The van der Waals surface area contributed by atoms with E-state index in [2.05, 4.69) is 22.0 Å². The zero-order valence-corrected chi connectivity index (χ0v) is 16.8. The molecule has 2 saturated heterocycles. The third kappa shape index (κ3) is 5.35. The van der Waals surface area contributed by atoms with Crippen LogP contribution in [0.5, 0.6) is 0 Å². The van der Waals surface area contributed by atoms with E-state index in [-0.39, 0.29) is 24.0 Å². The molecule has 0 bridgehead atoms. The maximum atomic E-state index is 5.46. The molecule has 0 aromatic carbocycles. The highest BCUT2D eigenvalue weighted by atomic mass is 127. The number of morpholine rings is 1. The predicted molar refractivity (Wildman–Crippen MR) is 106 cm³/mol. The fourth-order valence-corrected chi connectivity index (χ4v) is 3.33. The summed E-state index contributed by atoms with van der Waals surface area (Å²) >= 11 is 0. The van der Waals surface area contributed by atoms with E-state index in [9.17, 15) is 0 Å². The summed E-state index contributed by atoms with van der Waals surface area (Å²) in [6.45, 7) is 9.78. The molecular weight excluding hydrogens is 419 g/mol. The van der Waals surface area contributed by atoms with Gasteiger partial charge in [0, 0.05) is 51.7 Å². The molecule has 1 N–H and O–H groups in total. The minimum absolute atomic E-state index is 0. The smallest absolute Gasteiger partial charge is 0.193 e. The average molecular weight is 448 g/mol. The fraction of sp³-hybridized carbons (Fsp3) is 0.706. The first kappa shape index (κ1) is 19.5. The van der Waals surface area contributed by atoms with Gasteiger partial charge in [-0.05, 0) is 25.5 Å². The van der Waals surface area contributed by atoms with Crippen molar-refractivity contribution in [3.8, 4) is 0 Å². The first-order chi connectivity index (χ1) is 11.4. The van der Waals surface area contributed by atoms with Gasteiger partial charge in [0.2, 0.25) is 0 Å². The van der Waals surface area contributed by atoms with Crippen LogP contribution in [0.3, 0.4) is 0 Å². The van der Waals surface area contributed by atoms with E-state index >= 15 is 0 Å². The number of halogens is 1. The molecule has 2 fully saturated rings. The second-order valence-electron chi connectivity index (χ2n) is 6.10. The number of furan rings is 1. The number of hydrogen-bond acceptors (Lipinski definition) is 4. The Labute approximate surface area is 161 Å². The normalized spacial score (nSPS) is 22.5. The molecule has 136 valence electrons. The number of aliphatic imine (C=N–C) groups is 1. The van der Waals surface area contributed by atoms with Gasteiger partial charge < -0.3 is 19.4 Å². The summed E-state index contributed by atoms with van der Waals surface area (Å²) in [4.78, 5) is 9.74. The van der Waals surface area contributed by atoms with Crippen LogP contribution in [0.4, 0.5) is 0 Å². The second kappa shape index (κ2) is 10.2. The topological polar surface area (TPSA) is 53.2 Å². The minimum atomic E-state index is 0. The zero-order chi connectivity index (χ0) is 15.9. The van der Waals surface area contributed by atoms with Crippen LogP contribution in [0, 0.1) is 0 Å². The van der Waals surface area contributed by atoms with E-state index < -0.39 is 0 Å². The number of guanidine groups is 1. The van der Waals surface area contributed by atoms with Crippen LogP contribution in [0.15, 0.2) is 27.8 Å². The van der Waals surface area contributed by atoms with Gasteiger partial charge in [0.05, 0.1) is 19.5 Å². The van der Waals surface area contributed by atoms with Gasteiger partial charge in [0.15, 0.2) is 5.96 Å². The number of hydrogen-bond donors (Lipinski definition) is 1. The summed E-state index contributed by atoms with van der Waals surface area (Å²) in [5.74, 6) is 2.03. The van der Waals surface area contributed by atoms with Crippen LogP contribution in [-0.4, -0.2) is 74.3 Å². The fourth-order valence-electron chi connectivity index (χ4n) is 3.33. The number of nitrogens with zero attached hydrogens (tertiary/aromatic N) is 3. The summed E-state index contributed by atoms with van der Waals surface area (Å²) in [6.07, 6.45) is 3.78. The van der Waals surface area contributed by atoms with Gasteiger partial charge in [-0.15, -0.1) is 24.0 Å². The van der Waals surface area contributed by atoms with Gasteiger partial charge in [0.1, 0.15) is 5.76 Å². The molecule has 6 nitrogen and oxygen atoms in total. The second-order valence-corrected chi connectivity index (χ2v) is 6.10. The monoisotopic (exact) mass is 448 g/mol. The summed E-state index contributed by atoms with van der Waals surface area (Å²) in [7, 11) is 0. The van der Waals surface area contributed by atoms with E-state index in [0.717, 1.165) is 70.6 Å². The molecule has 3 rings (SSSR count). The Balaban J connectivity index is 0.00000208. The summed E-state index contributed by atoms with van der Waals surface area (Å²) in [6, 6.07) is 4.57. The van der Waals surface area contributed by atoms with Crippen LogP contribution < -0.4 is 5.32 Å². The quantitative estimate of drug-likeness (QED) is 0.423. The number of nitrogens with one attached hydrogen (secondary N) is 1. The maximum Gasteiger partial charge on any atom is 0.193 e. The molecule has 0 saturated carbocycles. The molecule has 1 atom stereocenters. The summed E-state index contributed by atoms with van der Waals surface area (Å²) < 4.78 is 10.8. The van der Waals surface area contributed by atoms with Crippen molar-refractivity contribution in [2.75, 3.05) is 52.5 Å². The van der Waals surface area contributed by atoms with Crippen molar-refractivity contribution < 1.29 is 9.15 Å².